The van der Waals surface area contributed by atoms with Gasteiger partial charge in [0.25, 0.3) is 5.91 Å². The molecule has 21 heavy (non-hydrogen) atoms. The number of carbonyl (C=O) groups excluding carboxylic acids is 1. The molecule has 0 atom stereocenters. The number of amides is 1. The molecule has 104 valence electrons. The van der Waals surface area contributed by atoms with Gasteiger partial charge in [0.2, 0.25) is 0 Å². The van der Waals surface area contributed by atoms with Gasteiger partial charge in [-0.1, -0.05) is 23.7 Å². The van der Waals surface area contributed by atoms with Gasteiger partial charge in [-0.3, -0.25) is 4.79 Å². The Morgan fingerprint density at radius 2 is 1.95 bits per heavy atom. The van der Waals surface area contributed by atoms with Gasteiger partial charge in [-0.2, -0.15) is 0 Å². The zero-order valence-electron chi connectivity index (χ0n) is 10.8. The van der Waals surface area contributed by atoms with E-state index in [0.717, 1.165) is 5.56 Å². The van der Waals surface area contributed by atoms with E-state index in [1.807, 2.05) is 12.1 Å². The van der Waals surface area contributed by atoms with Crippen molar-refractivity contribution >= 4 is 23.2 Å². The van der Waals surface area contributed by atoms with E-state index >= 15 is 0 Å². The van der Waals surface area contributed by atoms with E-state index in [1.165, 1.54) is 18.7 Å². The average molecular weight is 300 g/mol. The lowest BCUT2D eigenvalue weighted by atomic mass is 10.2. The number of carbonyl (C=O) groups is 1. The van der Waals surface area contributed by atoms with Gasteiger partial charge in [0.05, 0.1) is 24.3 Å². The van der Waals surface area contributed by atoms with Crippen LogP contribution in [0.25, 0.3) is 11.4 Å². The molecule has 0 spiro atoms. The third kappa shape index (κ3) is 3.09. The maximum absolute atomic E-state index is 11.8. The van der Waals surface area contributed by atoms with Crippen molar-refractivity contribution in [3.63, 3.8) is 0 Å². The predicted octanol–water partition coefficient (Wildman–Crippen LogP) is 3.64. The summed E-state index contributed by atoms with van der Waals surface area (Å²) in [5.74, 6) is 0.418. The number of aromatic nitrogens is 2. The number of anilines is 1. The molecule has 6 heteroatoms. The Morgan fingerprint density at radius 3 is 2.62 bits per heavy atom. The lowest BCUT2D eigenvalue weighted by Gasteiger charge is -2.04. The Morgan fingerprint density at radius 1 is 1.14 bits per heavy atom. The SMILES string of the molecule is O=C(Nc1cnc(-c2cccc(Cl)c2)nc1)c1ccco1. The number of hydrogen-bond acceptors (Lipinski definition) is 4. The summed E-state index contributed by atoms with van der Waals surface area (Å²) in [7, 11) is 0. The monoisotopic (exact) mass is 299 g/mol. The Kier molecular flexibility index (Phi) is 3.66. The number of halogens is 1. The van der Waals surface area contributed by atoms with Crippen LogP contribution in [0.4, 0.5) is 5.69 Å². The van der Waals surface area contributed by atoms with Crippen LogP contribution in [0.15, 0.2) is 59.5 Å². The second kappa shape index (κ2) is 5.76. The van der Waals surface area contributed by atoms with Gasteiger partial charge in [-0.15, -0.1) is 0 Å². The van der Waals surface area contributed by atoms with Crippen LogP contribution in [-0.2, 0) is 0 Å². The Bertz CT molecular complexity index is 755. The molecular weight excluding hydrogens is 290 g/mol. The van der Waals surface area contributed by atoms with E-state index in [4.69, 9.17) is 16.0 Å². The Labute approximate surface area is 125 Å². The molecule has 1 N–H and O–H groups in total. The minimum absolute atomic E-state index is 0.230. The van der Waals surface area contributed by atoms with E-state index in [-0.39, 0.29) is 11.7 Å². The maximum Gasteiger partial charge on any atom is 0.291 e. The largest absolute Gasteiger partial charge is 0.459 e. The first-order valence-corrected chi connectivity index (χ1v) is 6.53. The second-order valence-electron chi connectivity index (χ2n) is 4.24. The summed E-state index contributed by atoms with van der Waals surface area (Å²) in [6, 6.07) is 10.5. The third-order valence-electron chi connectivity index (χ3n) is 2.74. The number of nitrogens with zero attached hydrogens (tertiary/aromatic N) is 2. The van der Waals surface area contributed by atoms with Gasteiger partial charge in [-0.25, -0.2) is 9.97 Å². The summed E-state index contributed by atoms with van der Waals surface area (Å²) in [5.41, 5.74) is 1.30. The molecule has 0 unspecified atom stereocenters. The van der Waals surface area contributed by atoms with Crippen LogP contribution < -0.4 is 5.32 Å². The number of benzene rings is 1. The summed E-state index contributed by atoms with van der Waals surface area (Å²) in [6.07, 6.45) is 4.50. The molecule has 0 aliphatic carbocycles. The summed E-state index contributed by atoms with van der Waals surface area (Å²) in [5, 5.41) is 3.27. The first-order valence-electron chi connectivity index (χ1n) is 6.15. The minimum Gasteiger partial charge on any atom is -0.459 e. The lowest BCUT2D eigenvalue weighted by molar-refractivity contribution is 0.0996. The standard InChI is InChI=1S/C15H10ClN3O2/c16-11-4-1-3-10(7-11)14-17-8-12(9-18-14)19-15(20)13-5-2-6-21-13/h1-9H,(H,19,20). The van der Waals surface area contributed by atoms with Crippen LogP contribution in [0.3, 0.4) is 0 Å². The Balaban J connectivity index is 1.77. The quantitative estimate of drug-likeness (QED) is 0.801. The average Bonchev–Trinajstić information content (AvgIpc) is 3.02. The molecule has 0 radical (unpaired) electrons. The summed E-state index contributed by atoms with van der Waals surface area (Å²) >= 11 is 5.93. The van der Waals surface area contributed by atoms with Gasteiger partial charge >= 0.3 is 0 Å². The molecule has 2 aromatic heterocycles. The molecule has 1 amide bonds. The minimum atomic E-state index is -0.348. The first-order chi connectivity index (χ1) is 10.2. The van der Waals surface area contributed by atoms with Gasteiger partial charge in [0, 0.05) is 10.6 Å². The van der Waals surface area contributed by atoms with Crippen LogP contribution in [0.2, 0.25) is 5.02 Å². The predicted molar refractivity (Wildman–Crippen MR) is 79.1 cm³/mol. The van der Waals surface area contributed by atoms with E-state index in [9.17, 15) is 4.79 Å². The first kappa shape index (κ1) is 13.3. The number of rotatable bonds is 3. The van der Waals surface area contributed by atoms with Crippen molar-refractivity contribution < 1.29 is 9.21 Å². The Hall–Kier alpha value is -2.66. The van der Waals surface area contributed by atoms with Crippen molar-refractivity contribution in [2.45, 2.75) is 0 Å². The van der Waals surface area contributed by atoms with E-state index in [1.54, 1.807) is 24.3 Å². The molecular formula is C15H10ClN3O2. The maximum atomic E-state index is 11.8. The molecule has 0 fully saturated rings. The summed E-state index contributed by atoms with van der Waals surface area (Å²) < 4.78 is 5.01. The fraction of sp³-hybridized carbons (Fsp3) is 0. The molecule has 0 aliphatic rings. The molecule has 3 rings (SSSR count). The van der Waals surface area contributed by atoms with Gasteiger partial charge < -0.3 is 9.73 Å². The van der Waals surface area contributed by atoms with Crippen LogP contribution in [-0.4, -0.2) is 15.9 Å². The van der Waals surface area contributed by atoms with Crippen molar-refractivity contribution in [2.75, 3.05) is 5.32 Å². The highest BCUT2D eigenvalue weighted by Gasteiger charge is 2.09. The number of nitrogens with one attached hydrogen (secondary N) is 1. The molecule has 2 heterocycles. The van der Waals surface area contributed by atoms with Crippen LogP contribution in [0, 0.1) is 0 Å². The van der Waals surface area contributed by atoms with Crippen molar-refractivity contribution in [3.8, 4) is 11.4 Å². The van der Waals surface area contributed by atoms with Crippen molar-refractivity contribution in [2.24, 2.45) is 0 Å². The van der Waals surface area contributed by atoms with Gasteiger partial charge in [0.1, 0.15) is 0 Å². The van der Waals surface area contributed by atoms with E-state index in [0.29, 0.717) is 16.5 Å². The zero-order valence-corrected chi connectivity index (χ0v) is 11.5. The summed E-state index contributed by atoms with van der Waals surface area (Å²) in [6.45, 7) is 0. The number of furan rings is 1. The smallest absolute Gasteiger partial charge is 0.291 e. The molecule has 0 aliphatic heterocycles. The molecule has 0 saturated carbocycles. The fourth-order valence-electron chi connectivity index (χ4n) is 1.77. The van der Waals surface area contributed by atoms with Crippen molar-refractivity contribution in [1.82, 2.24) is 9.97 Å². The fourth-order valence-corrected chi connectivity index (χ4v) is 1.96. The molecule has 1 aromatic carbocycles. The lowest BCUT2D eigenvalue weighted by Crippen LogP contribution is -2.11. The second-order valence-corrected chi connectivity index (χ2v) is 4.67. The molecule has 0 bridgehead atoms. The zero-order chi connectivity index (χ0) is 14.7. The summed E-state index contributed by atoms with van der Waals surface area (Å²) in [4.78, 5) is 20.2. The number of hydrogen-bond donors (Lipinski definition) is 1. The van der Waals surface area contributed by atoms with Crippen LogP contribution in [0.5, 0.6) is 0 Å². The van der Waals surface area contributed by atoms with Crippen molar-refractivity contribution in [3.05, 3.63) is 65.8 Å². The van der Waals surface area contributed by atoms with Gasteiger partial charge in [0.15, 0.2) is 11.6 Å². The molecule has 3 aromatic rings. The highest BCUT2D eigenvalue weighted by molar-refractivity contribution is 6.30. The van der Waals surface area contributed by atoms with Crippen molar-refractivity contribution in [1.29, 1.82) is 0 Å². The normalized spacial score (nSPS) is 10.3. The van der Waals surface area contributed by atoms with E-state index < -0.39 is 0 Å². The molecule has 5 nitrogen and oxygen atoms in total. The third-order valence-corrected chi connectivity index (χ3v) is 2.97. The topological polar surface area (TPSA) is 68.0 Å². The molecule has 0 saturated heterocycles. The highest BCUT2D eigenvalue weighted by Crippen LogP contribution is 2.19. The van der Waals surface area contributed by atoms with Gasteiger partial charge in [-0.05, 0) is 24.3 Å². The van der Waals surface area contributed by atoms with Crippen LogP contribution >= 0.6 is 11.6 Å². The van der Waals surface area contributed by atoms with Crippen LogP contribution in [0.1, 0.15) is 10.6 Å². The highest BCUT2D eigenvalue weighted by atomic mass is 35.5. The van der Waals surface area contributed by atoms with E-state index in [2.05, 4.69) is 15.3 Å².